The molecule has 0 saturated carbocycles. The molecule has 2 atom stereocenters. The van der Waals surface area contributed by atoms with Crippen molar-refractivity contribution in [2.24, 2.45) is 5.73 Å². The molecule has 2 heterocycles. The van der Waals surface area contributed by atoms with E-state index in [4.69, 9.17) is 10.5 Å². The van der Waals surface area contributed by atoms with Crippen molar-refractivity contribution in [3.63, 3.8) is 0 Å². The van der Waals surface area contributed by atoms with Gasteiger partial charge in [0.25, 0.3) is 0 Å². The highest BCUT2D eigenvalue weighted by Gasteiger charge is 2.27. The topological polar surface area (TPSA) is 48.1 Å². The van der Waals surface area contributed by atoms with Crippen LogP contribution in [-0.2, 0) is 0 Å². The largest absolute Gasteiger partial charge is 0.484 e. The number of aromatic nitrogens is 1. The summed E-state index contributed by atoms with van der Waals surface area (Å²) in [6.45, 7) is 0. The smallest absolute Gasteiger partial charge is 0.136 e. The molecule has 82 valence electrons. The van der Waals surface area contributed by atoms with Crippen LogP contribution in [0.4, 0.5) is 0 Å². The van der Waals surface area contributed by atoms with Gasteiger partial charge in [-0.05, 0) is 6.07 Å². The van der Waals surface area contributed by atoms with E-state index in [1.165, 1.54) is 0 Å². The van der Waals surface area contributed by atoms with Gasteiger partial charge in [-0.2, -0.15) is 0 Å². The van der Waals surface area contributed by atoms with Crippen LogP contribution in [0.25, 0.3) is 0 Å². The minimum Gasteiger partial charge on any atom is -0.484 e. The van der Waals surface area contributed by atoms with Gasteiger partial charge in [-0.3, -0.25) is 4.98 Å². The first-order chi connectivity index (χ1) is 7.84. The number of rotatable bonds is 1. The first-order valence-electron chi connectivity index (χ1n) is 5.24. The fourth-order valence-electron chi connectivity index (χ4n) is 2.01. The van der Waals surface area contributed by atoms with E-state index in [-0.39, 0.29) is 12.1 Å². The number of nitrogens with zero attached hydrogens (tertiary/aromatic N) is 1. The number of hydrogen-bond acceptors (Lipinski definition) is 4. The molecule has 1 aromatic carbocycles. The third kappa shape index (κ3) is 1.60. The molecule has 16 heavy (non-hydrogen) atoms. The quantitative estimate of drug-likeness (QED) is 0.822. The van der Waals surface area contributed by atoms with Crippen molar-refractivity contribution in [2.75, 3.05) is 0 Å². The summed E-state index contributed by atoms with van der Waals surface area (Å²) in [4.78, 5) is 5.22. The molecule has 2 N–H and O–H groups in total. The lowest BCUT2D eigenvalue weighted by Crippen LogP contribution is -2.23. The Morgan fingerprint density at radius 1 is 1.38 bits per heavy atom. The standard InChI is InChI=1S/C12H12N2OS/c13-9-5-11(12-6-14-7-16-12)15-10-4-2-1-3-8(9)10/h1-4,6-7,9,11H,5,13H2/t9-,11?/m1/s1. The normalized spacial score (nSPS) is 23.6. The Hall–Kier alpha value is -1.39. The van der Waals surface area contributed by atoms with E-state index < -0.39 is 0 Å². The van der Waals surface area contributed by atoms with Gasteiger partial charge in [0.2, 0.25) is 0 Å². The maximum atomic E-state index is 6.15. The highest BCUT2D eigenvalue weighted by Crippen LogP contribution is 2.40. The number of ether oxygens (including phenoxy) is 1. The number of fused-ring (bicyclic) bond motifs is 1. The van der Waals surface area contributed by atoms with E-state index in [9.17, 15) is 0 Å². The Kier molecular flexibility index (Phi) is 2.38. The minimum atomic E-state index is 0.0528. The highest BCUT2D eigenvalue weighted by molar-refractivity contribution is 7.09. The predicted molar refractivity (Wildman–Crippen MR) is 63.5 cm³/mol. The van der Waals surface area contributed by atoms with Gasteiger partial charge in [-0.15, -0.1) is 11.3 Å². The Labute approximate surface area is 97.9 Å². The van der Waals surface area contributed by atoms with Crippen LogP contribution < -0.4 is 10.5 Å². The van der Waals surface area contributed by atoms with Gasteiger partial charge in [0.1, 0.15) is 11.9 Å². The molecular weight excluding hydrogens is 220 g/mol. The lowest BCUT2D eigenvalue weighted by atomic mass is 9.97. The minimum absolute atomic E-state index is 0.0528. The Morgan fingerprint density at radius 2 is 2.25 bits per heavy atom. The monoisotopic (exact) mass is 232 g/mol. The third-order valence-corrected chi connectivity index (χ3v) is 3.69. The molecular formula is C12H12N2OS. The van der Waals surface area contributed by atoms with Crippen LogP contribution in [0, 0.1) is 0 Å². The van der Waals surface area contributed by atoms with Gasteiger partial charge in [0, 0.05) is 24.2 Å². The molecule has 3 rings (SSSR count). The van der Waals surface area contributed by atoms with Crippen LogP contribution in [0.15, 0.2) is 36.0 Å². The van der Waals surface area contributed by atoms with Crippen LogP contribution in [0.2, 0.25) is 0 Å². The molecule has 2 aromatic rings. The molecule has 0 aliphatic carbocycles. The van der Waals surface area contributed by atoms with E-state index in [1.54, 1.807) is 11.3 Å². The number of hydrogen-bond donors (Lipinski definition) is 1. The molecule has 1 aliphatic heterocycles. The molecule has 0 saturated heterocycles. The fraction of sp³-hybridized carbons (Fsp3) is 0.250. The van der Waals surface area contributed by atoms with Crippen LogP contribution in [0.3, 0.4) is 0 Å². The molecule has 1 aromatic heterocycles. The Balaban J connectivity index is 1.95. The van der Waals surface area contributed by atoms with Crippen LogP contribution >= 0.6 is 11.3 Å². The highest BCUT2D eigenvalue weighted by atomic mass is 32.1. The van der Waals surface area contributed by atoms with Crippen molar-refractivity contribution < 1.29 is 4.74 Å². The Morgan fingerprint density at radius 3 is 3.06 bits per heavy atom. The van der Waals surface area contributed by atoms with Crippen LogP contribution in [0.5, 0.6) is 5.75 Å². The molecule has 3 nitrogen and oxygen atoms in total. The Bertz CT molecular complexity index is 484. The van der Waals surface area contributed by atoms with Crippen LogP contribution in [0.1, 0.15) is 29.0 Å². The SMILES string of the molecule is N[C@@H]1CC(c2cncs2)Oc2ccccc21. The summed E-state index contributed by atoms with van der Waals surface area (Å²) in [6, 6.07) is 8.03. The summed E-state index contributed by atoms with van der Waals surface area (Å²) in [6.07, 6.45) is 2.73. The molecule has 0 amide bonds. The van der Waals surface area contributed by atoms with Crippen molar-refractivity contribution in [1.29, 1.82) is 0 Å². The zero-order valence-electron chi connectivity index (χ0n) is 8.67. The van der Waals surface area contributed by atoms with Crippen molar-refractivity contribution >= 4 is 11.3 Å². The average Bonchev–Trinajstić information content (AvgIpc) is 2.82. The second-order valence-corrected chi connectivity index (χ2v) is 4.81. The van der Waals surface area contributed by atoms with Gasteiger partial charge >= 0.3 is 0 Å². The maximum absolute atomic E-state index is 6.15. The van der Waals surface area contributed by atoms with Crippen molar-refractivity contribution in [2.45, 2.75) is 18.6 Å². The number of benzene rings is 1. The molecule has 0 spiro atoms. The summed E-state index contributed by atoms with van der Waals surface area (Å²) < 4.78 is 5.94. The van der Waals surface area contributed by atoms with Crippen molar-refractivity contribution in [3.05, 3.63) is 46.4 Å². The maximum Gasteiger partial charge on any atom is 0.136 e. The molecule has 1 aliphatic rings. The fourth-order valence-corrected chi connectivity index (χ4v) is 2.67. The van der Waals surface area contributed by atoms with E-state index in [2.05, 4.69) is 4.98 Å². The number of para-hydroxylation sites is 1. The molecule has 0 radical (unpaired) electrons. The first kappa shape index (κ1) is 9.81. The van der Waals surface area contributed by atoms with Crippen LogP contribution in [-0.4, -0.2) is 4.98 Å². The lowest BCUT2D eigenvalue weighted by molar-refractivity contribution is 0.164. The summed E-state index contributed by atoms with van der Waals surface area (Å²) in [5, 5.41) is 0. The summed E-state index contributed by atoms with van der Waals surface area (Å²) in [5.74, 6) is 0.902. The van der Waals surface area contributed by atoms with Gasteiger partial charge in [-0.1, -0.05) is 18.2 Å². The zero-order valence-corrected chi connectivity index (χ0v) is 9.48. The molecule has 1 unspecified atom stereocenters. The van der Waals surface area contributed by atoms with E-state index >= 15 is 0 Å². The molecule has 0 fully saturated rings. The second kappa shape index (κ2) is 3.88. The second-order valence-electron chi connectivity index (χ2n) is 3.89. The van der Waals surface area contributed by atoms with E-state index in [0.29, 0.717) is 0 Å². The molecule has 4 heteroatoms. The van der Waals surface area contributed by atoms with Crippen molar-refractivity contribution in [3.8, 4) is 5.75 Å². The zero-order chi connectivity index (χ0) is 11.0. The number of nitrogens with two attached hydrogens (primary N) is 1. The lowest BCUT2D eigenvalue weighted by Gasteiger charge is -2.29. The predicted octanol–water partition coefficient (Wildman–Crippen LogP) is 2.67. The average molecular weight is 232 g/mol. The van der Waals surface area contributed by atoms with Gasteiger partial charge in [-0.25, -0.2) is 0 Å². The number of thiazole rings is 1. The first-order valence-corrected chi connectivity index (χ1v) is 6.12. The summed E-state index contributed by atoms with van der Waals surface area (Å²) in [7, 11) is 0. The van der Waals surface area contributed by atoms with E-state index in [0.717, 1.165) is 22.6 Å². The third-order valence-electron chi connectivity index (χ3n) is 2.82. The van der Waals surface area contributed by atoms with E-state index in [1.807, 2.05) is 36.0 Å². The summed E-state index contributed by atoms with van der Waals surface area (Å²) in [5.41, 5.74) is 9.07. The van der Waals surface area contributed by atoms with Crippen molar-refractivity contribution in [1.82, 2.24) is 4.98 Å². The van der Waals surface area contributed by atoms with Gasteiger partial charge < -0.3 is 10.5 Å². The molecule has 0 bridgehead atoms. The van der Waals surface area contributed by atoms with Gasteiger partial charge in [0.15, 0.2) is 0 Å². The van der Waals surface area contributed by atoms with Gasteiger partial charge in [0.05, 0.1) is 10.4 Å². The summed E-state index contributed by atoms with van der Waals surface area (Å²) >= 11 is 1.61.